The van der Waals surface area contributed by atoms with Crippen LogP contribution < -0.4 is 5.32 Å². The fourth-order valence-electron chi connectivity index (χ4n) is 4.82. The largest absolute Gasteiger partial charge is 0.768 e. The van der Waals surface area contributed by atoms with Crippen molar-refractivity contribution in [3.05, 3.63) is 58.6 Å². The zero-order valence-electron chi connectivity index (χ0n) is 18.0. The van der Waals surface area contributed by atoms with Crippen molar-refractivity contribution in [1.82, 2.24) is 10.3 Å². The van der Waals surface area contributed by atoms with E-state index in [0.29, 0.717) is 16.9 Å². The van der Waals surface area contributed by atoms with Crippen LogP contribution in [0.25, 0.3) is 10.2 Å². The van der Waals surface area contributed by atoms with E-state index >= 15 is 0 Å². The van der Waals surface area contributed by atoms with Gasteiger partial charge in [-0.15, -0.1) is 11.3 Å². The second-order valence-corrected chi connectivity index (χ2v) is 10.5. The zero-order chi connectivity index (χ0) is 22.2. The lowest BCUT2D eigenvalue weighted by molar-refractivity contribution is -0.0187. The molecule has 5 rings (SSSR count). The van der Waals surface area contributed by atoms with Crippen LogP contribution in [0.5, 0.6) is 0 Å². The standard InChI is InChI=1S/C22H22N2O3S2.C2H6/c1-13-5-6-19-18(7-13)24-21(28-19)15-9-22(10-15)11-16(12-22)23-20(25)14-3-2-4-17(8-14)29(26)27;1-2/h2-8,15-16H,9-12H2,1H3,(H,23,25)(H,26,27);1-2H3/p-1. The minimum atomic E-state index is -2.33. The molecule has 31 heavy (non-hydrogen) atoms. The highest BCUT2D eigenvalue weighted by Gasteiger charge is 2.54. The third-order valence-electron chi connectivity index (χ3n) is 6.25. The molecule has 1 heterocycles. The van der Waals surface area contributed by atoms with Crippen molar-refractivity contribution >= 4 is 38.5 Å². The molecule has 2 aromatic carbocycles. The first-order valence-electron chi connectivity index (χ1n) is 10.8. The Bertz CT molecular complexity index is 1130. The number of nitrogens with one attached hydrogen (secondary N) is 1. The van der Waals surface area contributed by atoms with Crippen LogP contribution in [-0.2, 0) is 11.1 Å². The predicted octanol–water partition coefficient (Wildman–Crippen LogP) is 5.33. The number of thiazole rings is 1. The third-order valence-corrected chi connectivity index (χ3v) is 8.09. The Morgan fingerprint density at radius 2 is 1.90 bits per heavy atom. The highest BCUT2D eigenvalue weighted by Crippen LogP contribution is 2.62. The van der Waals surface area contributed by atoms with Crippen molar-refractivity contribution in [2.75, 3.05) is 0 Å². The molecule has 7 heteroatoms. The summed E-state index contributed by atoms with van der Waals surface area (Å²) in [7, 11) is 0. The molecule has 1 atom stereocenters. The molecule has 1 unspecified atom stereocenters. The maximum Gasteiger partial charge on any atom is 0.251 e. The molecule has 2 fully saturated rings. The molecule has 2 aliphatic rings. The molecule has 164 valence electrons. The van der Waals surface area contributed by atoms with Gasteiger partial charge in [0.1, 0.15) is 0 Å². The van der Waals surface area contributed by atoms with E-state index in [2.05, 4.69) is 30.4 Å². The van der Waals surface area contributed by atoms with Crippen LogP contribution >= 0.6 is 11.3 Å². The van der Waals surface area contributed by atoms with Crippen LogP contribution in [0.15, 0.2) is 47.4 Å². The Morgan fingerprint density at radius 1 is 1.16 bits per heavy atom. The number of aromatic nitrogens is 1. The number of nitrogens with zero attached hydrogens (tertiary/aromatic N) is 1. The van der Waals surface area contributed by atoms with E-state index in [1.165, 1.54) is 27.4 Å². The Hall–Kier alpha value is -2.09. The molecule has 0 saturated heterocycles. The smallest absolute Gasteiger partial charge is 0.251 e. The summed E-state index contributed by atoms with van der Waals surface area (Å²) in [5, 5.41) is 4.29. The molecule has 1 N–H and O–H groups in total. The van der Waals surface area contributed by atoms with E-state index in [1.807, 2.05) is 13.8 Å². The van der Waals surface area contributed by atoms with Crippen LogP contribution in [0.2, 0.25) is 0 Å². The van der Waals surface area contributed by atoms with Gasteiger partial charge in [-0.25, -0.2) is 4.98 Å². The van der Waals surface area contributed by atoms with Gasteiger partial charge in [-0.3, -0.25) is 9.00 Å². The summed E-state index contributed by atoms with van der Waals surface area (Å²) in [6.07, 6.45) is 4.27. The van der Waals surface area contributed by atoms with Gasteiger partial charge in [-0.2, -0.15) is 0 Å². The van der Waals surface area contributed by atoms with E-state index in [-0.39, 0.29) is 16.8 Å². The number of hydrogen-bond donors (Lipinski definition) is 1. The number of amides is 1. The van der Waals surface area contributed by atoms with Gasteiger partial charge in [0.15, 0.2) is 0 Å². The summed E-state index contributed by atoms with van der Waals surface area (Å²) in [5.74, 6) is 0.336. The SMILES string of the molecule is CC.Cc1ccc2sc(C3CC4(CC(NC(=O)c5cccc(S(=O)[O-])c5)C4)C3)nc2c1. The van der Waals surface area contributed by atoms with E-state index in [4.69, 9.17) is 4.98 Å². The quantitative estimate of drug-likeness (QED) is 0.540. The van der Waals surface area contributed by atoms with Gasteiger partial charge in [0.05, 0.1) is 15.2 Å². The lowest BCUT2D eigenvalue weighted by Gasteiger charge is -2.57. The summed E-state index contributed by atoms with van der Waals surface area (Å²) in [5.41, 5.74) is 3.08. The first-order valence-corrected chi connectivity index (χ1v) is 12.7. The van der Waals surface area contributed by atoms with Gasteiger partial charge in [0.25, 0.3) is 5.91 Å². The van der Waals surface area contributed by atoms with Crippen molar-refractivity contribution in [2.24, 2.45) is 5.41 Å². The molecule has 0 aliphatic heterocycles. The Labute approximate surface area is 189 Å². The van der Waals surface area contributed by atoms with Gasteiger partial charge in [0, 0.05) is 22.4 Å². The van der Waals surface area contributed by atoms with Crippen molar-refractivity contribution in [2.45, 2.75) is 63.3 Å². The van der Waals surface area contributed by atoms with Gasteiger partial charge in [0.2, 0.25) is 0 Å². The van der Waals surface area contributed by atoms with Gasteiger partial charge in [-0.1, -0.05) is 26.0 Å². The molecule has 3 aromatic rings. The fraction of sp³-hybridized carbons (Fsp3) is 0.417. The molecule has 1 aromatic heterocycles. The number of carbonyl (C=O) groups excluding carboxylic acids is 1. The second kappa shape index (κ2) is 8.81. The minimum absolute atomic E-state index is 0.135. The average molecular weight is 456 g/mol. The molecule has 0 radical (unpaired) electrons. The van der Waals surface area contributed by atoms with Gasteiger partial charge >= 0.3 is 0 Å². The number of fused-ring (bicyclic) bond motifs is 1. The fourth-order valence-corrected chi connectivity index (χ4v) is 6.28. The van der Waals surface area contributed by atoms with Crippen molar-refractivity contribution in [3.8, 4) is 0 Å². The number of rotatable bonds is 4. The molecule has 2 aliphatic carbocycles. The highest BCUT2D eigenvalue weighted by molar-refractivity contribution is 7.79. The average Bonchev–Trinajstić information content (AvgIpc) is 3.12. The summed E-state index contributed by atoms with van der Waals surface area (Å²) < 4.78 is 23.4. The van der Waals surface area contributed by atoms with E-state index in [9.17, 15) is 13.6 Å². The minimum Gasteiger partial charge on any atom is -0.768 e. The van der Waals surface area contributed by atoms with Crippen LogP contribution in [0.4, 0.5) is 0 Å². The summed E-state index contributed by atoms with van der Waals surface area (Å²) in [4.78, 5) is 17.4. The molecule has 1 spiro atoms. The number of hydrogen-bond acceptors (Lipinski definition) is 5. The second-order valence-electron chi connectivity index (χ2n) is 8.47. The van der Waals surface area contributed by atoms with Gasteiger partial charge < -0.3 is 9.87 Å². The van der Waals surface area contributed by atoms with Crippen molar-refractivity contribution in [1.29, 1.82) is 0 Å². The Kier molecular flexibility index (Phi) is 6.28. The zero-order valence-corrected chi connectivity index (χ0v) is 19.6. The Morgan fingerprint density at radius 3 is 2.61 bits per heavy atom. The first-order chi connectivity index (χ1) is 14.9. The highest BCUT2D eigenvalue weighted by atomic mass is 32.2. The monoisotopic (exact) mass is 455 g/mol. The van der Waals surface area contributed by atoms with Crippen LogP contribution in [0, 0.1) is 12.3 Å². The van der Waals surface area contributed by atoms with Crippen molar-refractivity contribution < 1.29 is 13.6 Å². The first kappa shape index (κ1) is 22.1. The topological polar surface area (TPSA) is 82.1 Å². The maximum absolute atomic E-state index is 12.4. The van der Waals surface area contributed by atoms with Crippen LogP contribution in [-0.4, -0.2) is 25.7 Å². The van der Waals surface area contributed by atoms with Crippen LogP contribution in [0.1, 0.15) is 66.4 Å². The molecule has 2 saturated carbocycles. The predicted molar refractivity (Wildman–Crippen MR) is 124 cm³/mol. The maximum atomic E-state index is 12.4. The third kappa shape index (κ3) is 4.45. The summed E-state index contributed by atoms with van der Waals surface area (Å²) in [6.45, 7) is 6.09. The molecule has 0 bridgehead atoms. The van der Waals surface area contributed by atoms with Crippen molar-refractivity contribution in [3.63, 3.8) is 0 Å². The number of carbonyl (C=O) groups is 1. The lowest BCUT2D eigenvalue weighted by atomic mass is 9.50. The number of benzene rings is 2. The molecule has 1 amide bonds. The normalized spacial score (nSPS) is 25.2. The lowest BCUT2D eigenvalue weighted by Crippen LogP contribution is -2.55. The van der Waals surface area contributed by atoms with E-state index in [1.54, 1.807) is 23.5 Å². The molecule has 5 nitrogen and oxygen atoms in total. The van der Waals surface area contributed by atoms with Crippen LogP contribution in [0.3, 0.4) is 0 Å². The van der Waals surface area contributed by atoms with E-state index in [0.717, 1.165) is 31.2 Å². The summed E-state index contributed by atoms with van der Waals surface area (Å²) >= 11 is -0.519. The van der Waals surface area contributed by atoms with Gasteiger partial charge in [-0.05, 0) is 85.0 Å². The number of aryl methyl sites for hydroxylation is 1. The Balaban J connectivity index is 0.00000112. The molecular formula is C24H27N2O3S2-. The molecular weight excluding hydrogens is 428 g/mol. The summed E-state index contributed by atoms with van der Waals surface area (Å²) in [6, 6.07) is 12.8. The van der Waals surface area contributed by atoms with E-state index < -0.39 is 11.1 Å².